The third kappa shape index (κ3) is 6.01. The average Bonchev–Trinajstić information content (AvgIpc) is 3.39. The van der Waals surface area contributed by atoms with Gasteiger partial charge in [-0.25, -0.2) is 9.40 Å². The van der Waals surface area contributed by atoms with Crippen LogP contribution in [0.5, 0.6) is 0 Å². The Bertz CT molecular complexity index is 969. The van der Waals surface area contributed by atoms with E-state index in [1.54, 1.807) is 25.3 Å². The largest absolute Gasteiger partial charge is 0.383 e. The molecule has 0 saturated heterocycles. The lowest BCUT2D eigenvalue weighted by Gasteiger charge is -2.29. The van der Waals surface area contributed by atoms with Gasteiger partial charge in [0.1, 0.15) is 12.4 Å². The zero-order valence-corrected chi connectivity index (χ0v) is 19.8. The smallest absolute Gasteiger partial charge is 0.262 e. The van der Waals surface area contributed by atoms with E-state index in [0.29, 0.717) is 31.6 Å². The van der Waals surface area contributed by atoms with Crippen LogP contribution in [-0.4, -0.2) is 54.2 Å². The maximum absolute atomic E-state index is 14.6. The molecule has 172 valence electrons. The number of hydrogen-bond donors (Lipinski definition) is 0. The number of benzene rings is 1. The van der Waals surface area contributed by atoms with E-state index >= 15 is 0 Å². The zero-order chi connectivity index (χ0) is 23.3. The highest BCUT2D eigenvalue weighted by Crippen LogP contribution is 2.35. The van der Waals surface area contributed by atoms with Crippen LogP contribution >= 0.6 is 11.3 Å². The number of halogens is 1. The van der Waals surface area contributed by atoms with Crippen LogP contribution in [0.25, 0.3) is 0 Å². The number of carbonyl (C=O) groups excluding carboxylic acids is 2. The highest BCUT2D eigenvalue weighted by molar-refractivity contribution is 7.12. The van der Waals surface area contributed by atoms with Gasteiger partial charge in [-0.1, -0.05) is 45.0 Å². The predicted octanol–water partition coefficient (Wildman–Crippen LogP) is 4.48. The van der Waals surface area contributed by atoms with Crippen molar-refractivity contribution in [3.05, 3.63) is 58.0 Å². The van der Waals surface area contributed by atoms with Crippen LogP contribution in [0.15, 0.2) is 46.9 Å². The summed E-state index contributed by atoms with van der Waals surface area (Å²) in [7, 11) is 1.56. The van der Waals surface area contributed by atoms with Crippen molar-refractivity contribution in [3.63, 3.8) is 0 Å². The molecule has 6 nitrogen and oxygen atoms in total. The summed E-state index contributed by atoms with van der Waals surface area (Å²) < 4.78 is 19.8. The van der Waals surface area contributed by atoms with Gasteiger partial charge in [0.05, 0.1) is 23.2 Å². The molecule has 0 aliphatic carbocycles. The van der Waals surface area contributed by atoms with Gasteiger partial charge >= 0.3 is 0 Å². The molecule has 0 N–H and O–H groups in total. The Hall–Kier alpha value is -2.58. The van der Waals surface area contributed by atoms with Crippen molar-refractivity contribution < 1.29 is 18.7 Å². The maximum Gasteiger partial charge on any atom is 0.262 e. The van der Waals surface area contributed by atoms with E-state index in [1.807, 2.05) is 38.3 Å². The van der Waals surface area contributed by atoms with Gasteiger partial charge in [-0.2, -0.15) is 5.10 Å². The van der Waals surface area contributed by atoms with E-state index in [9.17, 15) is 14.0 Å². The van der Waals surface area contributed by atoms with Crippen molar-refractivity contribution in [1.82, 2.24) is 9.91 Å². The standard InChI is InChI=1S/C24H30FN3O3S/c1-24(2,3)15-22(29)27(11-12-31-4)16-23(30)28-20(17-8-5-6-9-18(17)25)14-19(26-28)21-10-7-13-32-21/h5-10,13,20H,11-12,14-16H2,1-4H3. The molecule has 32 heavy (non-hydrogen) atoms. The van der Waals surface area contributed by atoms with E-state index in [2.05, 4.69) is 5.10 Å². The first-order valence-corrected chi connectivity index (χ1v) is 11.5. The number of amides is 2. The summed E-state index contributed by atoms with van der Waals surface area (Å²) in [6.45, 7) is 6.43. The van der Waals surface area contributed by atoms with Gasteiger partial charge in [-0.05, 0) is 22.9 Å². The second-order valence-corrected chi connectivity index (χ2v) is 10.00. The monoisotopic (exact) mass is 459 g/mol. The Balaban J connectivity index is 1.86. The lowest BCUT2D eigenvalue weighted by atomic mass is 9.91. The third-order valence-corrected chi connectivity index (χ3v) is 6.08. The molecule has 0 fully saturated rings. The number of hydrazone groups is 1. The van der Waals surface area contributed by atoms with Gasteiger partial charge < -0.3 is 9.64 Å². The minimum absolute atomic E-state index is 0.119. The minimum Gasteiger partial charge on any atom is -0.383 e. The van der Waals surface area contributed by atoms with Gasteiger partial charge in [0, 0.05) is 32.1 Å². The molecule has 1 aromatic heterocycles. The van der Waals surface area contributed by atoms with Gasteiger partial charge in [0.15, 0.2) is 0 Å². The van der Waals surface area contributed by atoms with Gasteiger partial charge in [0.25, 0.3) is 5.91 Å². The lowest BCUT2D eigenvalue weighted by molar-refractivity contribution is -0.143. The fourth-order valence-electron chi connectivity index (χ4n) is 3.61. The van der Waals surface area contributed by atoms with Crippen molar-refractivity contribution >= 4 is 28.9 Å². The molecular formula is C24H30FN3O3S. The summed E-state index contributed by atoms with van der Waals surface area (Å²) in [6.07, 6.45) is 0.728. The number of hydrogen-bond acceptors (Lipinski definition) is 5. The molecule has 0 spiro atoms. The molecule has 2 aromatic rings. The lowest BCUT2D eigenvalue weighted by Crippen LogP contribution is -2.43. The Morgan fingerprint density at radius 3 is 2.62 bits per heavy atom. The molecular weight excluding hydrogens is 429 g/mol. The number of methoxy groups -OCH3 is 1. The second-order valence-electron chi connectivity index (χ2n) is 9.05. The number of rotatable bonds is 8. The van der Waals surface area contributed by atoms with Crippen molar-refractivity contribution in [3.8, 4) is 0 Å². The van der Waals surface area contributed by atoms with E-state index in [1.165, 1.54) is 27.3 Å². The first kappa shape index (κ1) is 24.1. The molecule has 0 bridgehead atoms. The molecule has 1 atom stereocenters. The van der Waals surface area contributed by atoms with Crippen molar-refractivity contribution in [2.75, 3.05) is 26.8 Å². The molecule has 1 aromatic carbocycles. The fraction of sp³-hybridized carbons (Fsp3) is 0.458. The molecule has 1 aliphatic rings. The van der Waals surface area contributed by atoms with Crippen molar-refractivity contribution in [1.29, 1.82) is 0 Å². The first-order chi connectivity index (χ1) is 15.2. The fourth-order valence-corrected chi connectivity index (χ4v) is 4.34. The number of carbonyl (C=O) groups is 2. The highest BCUT2D eigenvalue weighted by Gasteiger charge is 2.36. The van der Waals surface area contributed by atoms with Gasteiger partial charge in [-0.15, -0.1) is 11.3 Å². The third-order valence-electron chi connectivity index (χ3n) is 5.16. The topological polar surface area (TPSA) is 62.2 Å². The van der Waals surface area contributed by atoms with Gasteiger partial charge in [-0.3, -0.25) is 9.59 Å². The second kappa shape index (κ2) is 10.4. The molecule has 2 heterocycles. The van der Waals surface area contributed by atoms with E-state index in [-0.39, 0.29) is 29.6 Å². The molecule has 3 rings (SSSR count). The number of ether oxygens (including phenoxy) is 1. The Morgan fingerprint density at radius 2 is 2.00 bits per heavy atom. The molecule has 0 saturated carbocycles. The van der Waals surface area contributed by atoms with Crippen LogP contribution in [0.4, 0.5) is 4.39 Å². The van der Waals surface area contributed by atoms with Crippen LogP contribution in [0, 0.1) is 11.2 Å². The summed E-state index contributed by atoms with van der Waals surface area (Å²) in [4.78, 5) is 28.7. The average molecular weight is 460 g/mol. The summed E-state index contributed by atoms with van der Waals surface area (Å²) in [5.74, 6) is -0.840. The normalized spacial score (nSPS) is 16.2. The number of nitrogens with zero attached hydrogens (tertiary/aromatic N) is 3. The van der Waals surface area contributed by atoms with Gasteiger partial charge in [0.2, 0.25) is 5.91 Å². The molecule has 0 radical (unpaired) electrons. The summed E-state index contributed by atoms with van der Waals surface area (Å²) in [6, 6.07) is 9.75. The summed E-state index contributed by atoms with van der Waals surface area (Å²) in [5, 5.41) is 7.86. The zero-order valence-electron chi connectivity index (χ0n) is 19.0. The van der Waals surface area contributed by atoms with Crippen LogP contribution in [-0.2, 0) is 14.3 Å². The van der Waals surface area contributed by atoms with Crippen LogP contribution in [0.2, 0.25) is 0 Å². The van der Waals surface area contributed by atoms with E-state index in [4.69, 9.17) is 4.74 Å². The SMILES string of the molecule is COCCN(CC(=O)N1N=C(c2cccs2)CC1c1ccccc1F)C(=O)CC(C)(C)C. The van der Waals surface area contributed by atoms with Crippen molar-refractivity contribution in [2.24, 2.45) is 10.5 Å². The summed E-state index contributed by atoms with van der Waals surface area (Å²) >= 11 is 1.53. The van der Waals surface area contributed by atoms with E-state index < -0.39 is 6.04 Å². The number of thiophene rings is 1. The van der Waals surface area contributed by atoms with Crippen LogP contribution < -0.4 is 0 Å². The minimum atomic E-state index is -0.553. The Labute approximate surface area is 192 Å². The van der Waals surface area contributed by atoms with Crippen LogP contribution in [0.1, 0.15) is 50.1 Å². The maximum atomic E-state index is 14.6. The Morgan fingerprint density at radius 1 is 1.25 bits per heavy atom. The van der Waals surface area contributed by atoms with Crippen LogP contribution in [0.3, 0.4) is 0 Å². The van der Waals surface area contributed by atoms with E-state index in [0.717, 1.165) is 10.6 Å². The summed E-state index contributed by atoms with van der Waals surface area (Å²) in [5.41, 5.74) is 0.950. The Kier molecular flexibility index (Phi) is 7.79. The predicted molar refractivity (Wildman–Crippen MR) is 124 cm³/mol. The molecule has 1 unspecified atom stereocenters. The van der Waals surface area contributed by atoms with Crippen molar-refractivity contribution in [2.45, 2.75) is 39.7 Å². The molecule has 1 aliphatic heterocycles. The molecule has 8 heteroatoms. The molecule has 2 amide bonds. The quantitative estimate of drug-likeness (QED) is 0.585. The highest BCUT2D eigenvalue weighted by atomic mass is 32.1. The first-order valence-electron chi connectivity index (χ1n) is 10.6.